The summed E-state index contributed by atoms with van der Waals surface area (Å²) >= 11 is 0. The lowest BCUT2D eigenvalue weighted by Gasteiger charge is -2.35. The summed E-state index contributed by atoms with van der Waals surface area (Å²) in [4.78, 5) is 0. The minimum Gasteiger partial charge on any atom is -0.508 e. The third-order valence-corrected chi connectivity index (χ3v) is 4.81. The molecule has 2 heteroatoms. The fourth-order valence-electron chi connectivity index (χ4n) is 3.12. The van der Waals surface area contributed by atoms with E-state index in [9.17, 15) is 10.2 Å². The van der Waals surface area contributed by atoms with Gasteiger partial charge in [-0.25, -0.2) is 0 Å². The van der Waals surface area contributed by atoms with Crippen LogP contribution in [0.2, 0.25) is 0 Å². The number of hydrogen-bond acceptors (Lipinski definition) is 2. The monoisotopic (exact) mass is 234 g/mol. The zero-order valence-corrected chi connectivity index (χ0v) is 11.1. The largest absolute Gasteiger partial charge is 0.508 e. The quantitative estimate of drug-likeness (QED) is 0.783. The van der Waals surface area contributed by atoms with Crippen LogP contribution < -0.4 is 0 Å². The van der Waals surface area contributed by atoms with Crippen LogP contribution >= 0.6 is 0 Å². The Balaban J connectivity index is 2.46. The smallest absolute Gasteiger partial charge is 0.119 e. The minimum atomic E-state index is -0.633. The first kappa shape index (κ1) is 12.4. The van der Waals surface area contributed by atoms with E-state index in [4.69, 9.17) is 0 Å². The molecule has 0 spiro atoms. The molecule has 3 atom stereocenters. The van der Waals surface area contributed by atoms with Crippen molar-refractivity contribution < 1.29 is 10.2 Å². The van der Waals surface area contributed by atoms with E-state index >= 15 is 0 Å². The van der Waals surface area contributed by atoms with Crippen molar-refractivity contribution in [2.45, 2.75) is 51.6 Å². The summed E-state index contributed by atoms with van der Waals surface area (Å²) in [5.41, 5.74) is 1.26. The lowest BCUT2D eigenvalue weighted by molar-refractivity contribution is 0.0146. The van der Waals surface area contributed by atoms with Crippen molar-refractivity contribution >= 4 is 0 Å². The van der Waals surface area contributed by atoms with Gasteiger partial charge in [0.15, 0.2) is 0 Å². The van der Waals surface area contributed by atoms with E-state index in [0.717, 1.165) is 24.0 Å². The van der Waals surface area contributed by atoms with E-state index in [1.54, 1.807) is 6.07 Å². The number of aromatic hydroxyl groups is 1. The molecular formula is C15H22O2. The van der Waals surface area contributed by atoms with Crippen LogP contribution in [0, 0.1) is 12.8 Å². The highest BCUT2D eigenvalue weighted by Gasteiger charge is 2.50. The molecule has 1 aromatic carbocycles. The van der Waals surface area contributed by atoms with Gasteiger partial charge in [0.05, 0.1) is 5.60 Å². The van der Waals surface area contributed by atoms with Crippen molar-refractivity contribution in [1.82, 2.24) is 0 Å². The van der Waals surface area contributed by atoms with Gasteiger partial charge in [-0.05, 0) is 44.2 Å². The van der Waals surface area contributed by atoms with Crippen molar-refractivity contribution in [3.63, 3.8) is 0 Å². The number of aryl methyl sites for hydroxylation is 1. The lowest BCUT2D eigenvalue weighted by atomic mass is 9.71. The molecule has 2 rings (SSSR count). The van der Waals surface area contributed by atoms with Crippen LogP contribution in [-0.2, 0) is 5.41 Å². The van der Waals surface area contributed by atoms with Gasteiger partial charge in [0.25, 0.3) is 0 Å². The summed E-state index contributed by atoms with van der Waals surface area (Å²) in [6, 6.07) is 5.84. The minimum absolute atomic E-state index is 0.138. The summed E-state index contributed by atoms with van der Waals surface area (Å²) < 4.78 is 0. The Labute approximate surface area is 103 Å². The van der Waals surface area contributed by atoms with Gasteiger partial charge in [-0.1, -0.05) is 26.0 Å². The van der Waals surface area contributed by atoms with Gasteiger partial charge >= 0.3 is 0 Å². The van der Waals surface area contributed by atoms with Crippen molar-refractivity contribution in [3.05, 3.63) is 29.3 Å². The molecule has 94 valence electrons. The molecule has 0 radical (unpaired) electrons. The van der Waals surface area contributed by atoms with E-state index < -0.39 is 5.60 Å². The van der Waals surface area contributed by atoms with Crippen LogP contribution in [0.4, 0.5) is 0 Å². The SMILES string of the molecule is Cc1ccc([C@]2(C)CC[C@@](C)(O)[C@@H]2C)c(O)c1. The third kappa shape index (κ3) is 1.85. The van der Waals surface area contributed by atoms with Gasteiger partial charge in [-0.2, -0.15) is 0 Å². The normalized spacial score (nSPS) is 37.4. The Morgan fingerprint density at radius 1 is 1.24 bits per heavy atom. The molecular weight excluding hydrogens is 212 g/mol. The molecule has 0 bridgehead atoms. The topological polar surface area (TPSA) is 40.5 Å². The van der Waals surface area contributed by atoms with Crippen LogP contribution in [0.1, 0.15) is 44.7 Å². The Morgan fingerprint density at radius 3 is 2.35 bits per heavy atom. The van der Waals surface area contributed by atoms with E-state index in [1.165, 1.54) is 0 Å². The fourth-order valence-corrected chi connectivity index (χ4v) is 3.12. The molecule has 2 N–H and O–H groups in total. The van der Waals surface area contributed by atoms with Crippen molar-refractivity contribution in [3.8, 4) is 5.75 Å². The molecule has 17 heavy (non-hydrogen) atoms. The second kappa shape index (κ2) is 3.74. The lowest BCUT2D eigenvalue weighted by Crippen LogP contribution is -2.36. The molecule has 1 aliphatic rings. The van der Waals surface area contributed by atoms with Crippen molar-refractivity contribution in [1.29, 1.82) is 0 Å². The van der Waals surface area contributed by atoms with E-state index in [1.807, 2.05) is 26.0 Å². The highest BCUT2D eigenvalue weighted by molar-refractivity contribution is 5.42. The predicted molar refractivity (Wildman–Crippen MR) is 69.2 cm³/mol. The predicted octanol–water partition coefficient (Wildman–Crippen LogP) is 3.14. The van der Waals surface area contributed by atoms with Gasteiger partial charge in [0.2, 0.25) is 0 Å². The summed E-state index contributed by atoms with van der Waals surface area (Å²) in [7, 11) is 0. The number of rotatable bonds is 1. The number of hydrogen-bond donors (Lipinski definition) is 2. The molecule has 2 nitrogen and oxygen atoms in total. The van der Waals surface area contributed by atoms with E-state index in [2.05, 4.69) is 13.8 Å². The summed E-state index contributed by atoms with van der Waals surface area (Å²) in [6.45, 7) is 8.09. The number of phenols is 1. The molecule has 0 unspecified atom stereocenters. The standard InChI is InChI=1S/C15H22O2/c1-10-5-6-12(13(16)9-10)14(3)7-8-15(4,17)11(14)2/h5-6,9,11,16-17H,7-8H2,1-4H3/t11-,14-,15-/m1/s1. The number of benzene rings is 1. The second-order valence-electron chi connectivity index (χ2n) is 6.02. The second-order valence-corrected chi connectivity index (χ2v) is 6.02. The highest BCUT2D eigenvalue weighted by atomic mass is 16.3. The highest BCUT2D eigenvalue weighted by Crippen LogP contribution is 2.52. The summed E-state index contributed by atoms with van der Waals surface area (Å²) in [5, 5.41) is 20.4. The average Bonchev–Trinajstić information content (AvgIpc) is 2.43. The van der Waals surface area contributed by atoms with Gasteiger partial charge in [0.1, 0.15) is 5.75 Å². The first-order valence-electron chi connectivity index (χ1n) is 6.30. The molecule has 1 aliphatic carbocycles. The Hall–Kier alpha value is -1.02. The first-order chi connectivity index (χ1) is 7.77. The maximum Gasteiger partial charge on any atom is 0.119 e. The van der Waals surface area contributed by atoms with Crippen molar-refractivity contribution in [2.75, 3.05) is 0 Å². The Bertz CT molecular complexity index is 437. The Morgan fingerprint density at radius 2 is 1.88 bits per heavy atom. The average molecular weight is 234 g/mol. The maximum atomic E-state index is 10.3. The summed E-state index contributed by atoms with van der Waals surface area (Å²) in [6.07, 6.45) is 1.70. The van der Waals surface area contributed by atoms with Crippen LogP contribution in [0.3, 0.4) is 0 Å². The van der Waals surface area contributed by atoms with Gasteiger partial charge in [0, 0.05) is 11.0 Å². The zero-order valence-electron chi connectivity index (χ0n) is 11.1. The van der Waals surface area contributed by atoms with Crippen molar-refractivity contribution in [2.24, 2.45) is 5.92 Å². The molecule has 1 saturated carbocycles. The molecule has 0 aromatic heterocycles. The van der Waals surface area contributed by atoms with Crippen LogP contribution in [0.25, 0.3) is 0 Å². The fraction of sp³-hybridized carbons (Fsp3) is 0.600. The first-order valence-corrected chi connectivity index (χ1v) is 6.30. The molecule has 1 fully saturated rings. The third-order valence-electron chi connectivity index (χ3n) is 4.81. The van der Waals surface area contributed by atoms with E-state index in [-0.39, 0.29) is 11.3 Å². The Kier molecular flexibility index (Phi) is 2.74. The molecule has 0 heterocycles. The summed E-state index contributed by atoms with van der Waals surface area (Å²) in [5.74, 6) is 0.501. The molecule has 0 saturated heterocycles. The van der Waals surface area contributed by atoms with Crippen LogP contribution in [0.5, 0.6) is 5.75 Å². The van der Waals surface area contributed by atoms with Gasteiger partial charge in [-0.15, -0.1) is 0 Å². The molecule has 0 amide bonds. The molecule has 1 aromatic rings. The maximum absolute atomic E-state index is 10.3. The molecule has 0 aliphatic heterocycles. The number of aliphatic hydroxyl groups is 1. The zero-order chi connectivity index (χ0) is 12.8. The van der Waals surface area contributed by atoms with Crippen LogP contribution in [-0.4, -0.2) is 15.8 Å². The van der Waals surface area contributed by atoms with Gasteiger partial charge < -0.3 is 10.2 Å². The van der Waals surface area contributed by atoms with Crippen LogP contribution in [0.15, 0.2) is 18.2 Å². The van der Waals surface area contributed by atoms with Gasteiger partial charge in [-0.3, -0.25) is 0 Å². The van der Waals surface area contributed by atoms with E-state index in [0.29, 0.717) is 5.75 Å². The number of phenolic OH excluding ortho intramolecular Hbond substituents is 1.